The molecule has 0 fully saturated rings. The highest BCUT2D eigenvalue weighted by Gasteiger charge is 2.37. The minimum Gasteiger partial charge on any atom is -0.481 e. The molecule has 1 N–H and O–H groups in total. The van der Waals surface area contributed by atoms with Crippen LogP contribution in [0.4, 0.5) is 0 Å². The fourth-order valence-electron chi connectivity index (χ4n) is 2.54. The number of hydrogen-bond donors (Lipinski definition) is 1. The molecule has 2 rings (SSSR count). The molecule has 10 heteroatoms. The maximum atomic E-state index is 13.4. The third-order valence-corrected chi connectivity index (χ3v) is 6.28. The summed E-state index contributed by atoms with van der Waals surface area (Å²) in [6.07, 6.45) is 3.12. The molecule has 1 heterocycles. The number of benzene rings is 1. The summed E-state index contributed by atoms with van der Waals surface area (Å²) in [4.78, 5) is 8.26. The van der Waals surface area contributed by atoms with Gasteiger partial charge in [-0.3, -0.25) is 4.57 Å². The number of aromatic nitrogens is 2. The van der Waals surface area contributed by atoms with E-state index in [2.05, 4.69) is 9.97 Å². The van der Waals surface area contributed by atoms with Crippen LogP contribution in [0.25, 0.3) is 0 Å². The second-order valence-electron chi connectivity index (χ2n) is 6.66. The molecule has 0 saturated heterocycles. The van der Waals surface area contributed by atoms with Gasteiger partial charge in [0, 0.05) is 5.56 Å². The van der Waals surface area contributed by atoms with Crippen LogP contribution >= 0.6 is 7.60 Å². The Morgan fingerprint density at radius 2 is 1.52 bits per heavy atom. The van der Waals surface area contributed by atoms with Gasteiger partial charge in [0.15, 0.2) is 5.85 Å². The van der Waals surface area contributed by atoms with Gasteiger partial charge >= 0.3 is 13.6 Å². The largest absolute Gasteiger partial charge is 0.481 e. The zero-order valence-electron chi connectivity index (χ0n) is 18.4. The van der Waals surface area contributed by atoms with E-state index in [1.807, 2.05) is 13.8 Å². The lowest BCUT2D eigenvalue weighted by Crippen LogP contribution is -2.09. The van der Waals surface area contributed by atoms with Crippen LogP contribution in [0.5, 0.6) is 23.5 Å². The molecule has 172 valence electrons. The summed E-state index contributed by atoms with van der Waals surface area (Å²) in [5.74, 6) is -0.832. The van der Waals surface area contributed by atoms with E-state index in [1.54, 1.807) is 24.3 Å². The molecule has 0 aliphatic rings. The summed E-state index contributed by atoms with van der Waals surface area (Å²) in [5, 5.41) is 11.0. The van der Waals surface area contributed by atoms with E-state index in [0.29, 0.717) is 12.8 Å². The van der Waals surface area contributed by atoms with Crippen molar-refractivity contribution < 1.29 is 32.9 Å². The van der Waals surface area contributed by atoms with Gasteiger partial charge in [0.25, 0.3) is 0 Å². The zero-order chi connectivity index (χ0) is 22.7. The predicted octanol–water partition coefficient (Wildman–Crippen LogP) is 5.10. The molecule has 1 aromatic carbocycles. The molecule has 0 aliphatic carbocycles. The Hall–Kier alpha value is -2.19. The molecule has 0 aliphatic heterocycles. The Balaban J connectivity index is 2.33. The van der Waals surface area contributed by atoms with Crippen LogP contribution in [0.1, 0.15) is 50.9 Å². The molecule has 31 heavy (non-hydrogen) atoms. The van der Waals surface area contributed by atoms with Crippen LogP contribution in [0, 0.1) is 0 Å². The maximum absolute atomic E-state index is 13.4. The van der Waals surface area contributed by atoms with Crippen molar-refractivity contribution in [2.45, 2.75) is 45.4 Å². The highest BCUT2D eigenvalue weighted by molar-refractivity contribution is 7.54. The summed E-state index contributed by atoms with van der Waals surface area (Å²) >= 11 is 0. The second kappa shape index (κ2) is 12.6. The predicted molar refractivity (Wildman–Crippen MR) is 116 cm³/mol. The Morgan fingerprint density at radius 1 is 0.968 bits per heavy atom. The van der Waals surface area contributed by atoms with Crippen molar-refractivity contribution in [3.63, 3.8) is 0 Å². The average Bonchev–Trinajstić information content (AvgIpc) is 2.79. The molecule has 0 spiro atoms. The van der Waals surface area contributed by atoms with Crippen LogP contribution in [-0.2, 0) is 13.6 Å². The molecule has 0 amide bonds. The van der Waals surface area contributed by atoms with E-state index in [0.717, 1.165) is 12.8 Å². The quantitative estimate of drug-likeness (QED) is 0.308. The number of para-hydroxylation sites is 1. The zero-order valence-corrected chi connectivity index (χ0v) is 19.3. The summed E-state index contributed by atoms with van der Waals surface area (Å²) in [6.45, 7) is 4.43. The minimum atomic E-state index is -3.87. The third kappa shape index (κ3) is 7.18. The number of unbranched alkanes of at least 4 members (excludes halogenated alkanes) is 2. The van der Waals surface area contributed by atoms with Gasteiger partial charge < -0.3 is 28.4 Å². The summed E-state index contributed by atoms with van der Waals surface area (Å²) < 4.78 is 40.6. The van der Waals surface area contributed by atoms with Crippen molar-refractivity contribution in [1.82, 2.24) is 9.97 Å². The molecule has 9 nitrogen and oxygen atoms in total. The number of rotatable bonds is 14. The van der Waals surface area contributed by atoms with Gasteiger partial charge in [-0.2, -0.15) is 9.97 Å². The molecule has 1 atom stereocenters. The van der Waals surface area contributed by atoms with Crippen LogP contribution < -0.4 is 14.2 Å². The Labute approximate surface area is 183 Å². The minimum absolute atomic E-state index is 0.0514. The van der Waals surface area contributed by atoms with Crippen LogP contribution in [-0.4, -0.2) is 42.5 Å². The second-order valence-corrected chi connectivity index (χ2v) is 8.75. The van der Waals surface area contributed by atoms with Crippen LogP contribution in [0.2, 0.25) is 0 Å². The smallest absolute Gasteiger partial charge is 0.363 e. The highest BCUT2D eigenvalue weighted by atomic mass is 31.2. The molecule has 1 aromatic heterocycles. The summed E-state index contributed by atoms with van der Waals surface area (Å²) in [6, 6.07) is 8.06. The summed E-state index contributed by atoms with van der Waals surface area (Å²) in [7, 11) is -0.950. The molecule has 0 bridgehead atoms. The van der Waals surface area contributed by atoms with E-state index < -0.39 is 13.4 Å². The normalized spacial score (nSPS) is 12.4. The lowest BCUT2D eigenvalue weighted by molar-refractivity contribution is 0.138. The first-order valence-corrected chi connectivity index (χ1v) is 11.9. The monoisotopic (exact) mass is 454 g/mol. The van der Waals surface area contributed by atoms with Crippen molar-refractivity contribution in [1.29, 1.82) is 0 Å². The first kappa shape index (κ1) is 25.1. The third-order valence-electron chi connectivity index (χ3n) is 4.31. The molecule has 0 saturated carbocycles. The van der Waals surface area contributed by atoms with Gasteiger partial charge in [0.1, 0.15) is 5.75 Å². The Kier molecular flexibility index (Phi) is 10.2. The SMILES string of the molecule is CCCCOP(=O)(OCCCC)C(O)c1ccccc1Oc1nc(OC)cc(OC)n1. The first-order valence-electron chi connectivity index (χ1n) is 10.3. The molecule has 1 unspecified atom stereocenters. The van der Waals surface area contributed by atoms with Crippen molar-refractivity contribution in [3.05, 3.63) is 35.9 Å². The first-order chi connectivity index (χ1) is 15.0. The van der Waals surface area contributed by atoms with Crippen molar-refractivity contribution >= 4 is 7.60 Å². The number of nitrogens with zero attached hydrogens (tertiary/aromatic N) is 2. The number of aliphatic hydroxyl groups is 1. The van der Waals surface area contributed by atoms with Crippen molar-refractivity contribution in [2.24, 2.45) is 0 Å². The summed E-state index contributed by atoms with van der Waals surface area (Å²) in [5.41, 5.74) is 0.240. The number of hydrogen-bond acceptors (Lipinski definition) is 9. The van der Waals surface area contributed by atoms with Gasteiger partial charge in [-0.25, -0.2) is 0 Å². The van der Waals surface area contributed by atoms with E-state index in [1.165, 1.54) is 20.3 Å². The average molecular weight is 454 g/mol. The maximum Gasteiger partial charge on any atom is 0.363 e. The number of ether oxygens (including phenoxy) is 3. The highest BCUT2D eigenvalue weighted by Crippen LogP contribution is 2.61. The van der Waals surface area contributed by atoms with Gasteiger partial charge in [0.05, 0.1) is 33.5 Å². The van der Waals surface area contributed by atoms with E-state index in [9.17, 15) is 9.67 Å². The number of methoxy groups -OCH3 is 2. The van der Waals surface area contributed by atoms with Gasteiger partial charge in [-0.05, 0) is 18.9 Å². The fraction of sp³-hybridized carbons (Fsp3) is 0.524. The molecular formula is C21H31N2O7P. The molecule has 2 aromatic rings. The van der Waals surface area contributed by atoms with Crippen molar-refractivity contribution in [3.8, 4) is 23.5 Å². The number of aliphatic hydroxyl groups excluding tert-OH is 1. The van der Waals surface area contributed by atoms with Gasteiger partial charge in [-0.15, -0.1) is 0 Å². The van der Waals surface area contributed by atoms with E-state index in [-0.39, 0.29) is 42.3 Å². The molecule has 0 radical (unpaired) electrons. The standard InChI is InChI=1S/C21H31N2O7P/c1-5-7-13-28-31(25,29-14-8-6-2)20(24)16-11-9-10-12-17(16)30-21-22-18(26-3)15-19(23-21)27-4/h9-12,15,20,24H,5-8,13-14H2,1-4H3. The Morgan fingerprint density at radius 3 is 2.03 bits per heavy atom. The van der Waals surface area contributed by atoms with E-state index >= 15 is 0 Å². The van der Waals surface area contributed by atoms with Crippen LogP contribution in [0.3, 0.4) is 0 Å². The van der Waals surface area contributed by atoms with Gasteiger partial charge in [0.2, 0.25) is 11.8 Å². The van der Waals surface area contributed by atoms with E-state index in [4.69, 9.17) is 23.3 Å². The van der Waals surface area contributed by atoms with Crippen molar-refractivity contribution in [2.75, 3.05) is 27.4 Å². The topological polar surface area (TPSA) is 109 Å². The Bertz CT molecular complexity index is 829. The fourth-order valence-corrected chi connectivity index (χ4v) is 4.22. The lowest BCUT2D eigenvalue weighted by Gasteiger charge is -2.24. The van der Waals surface area contributed by atoms with Crippen LogP contribution in [0.15, 0.2) is 30.3 Å². The van der Waals surface area contributed by atoms with Gasteiger partial charge in [-0.1, -0.05) is 44.9 Å². The lowest BCUT2D eigenvalue weighted by atomic mass is 10.2. The molecular weight excluding hydrogens is 423 g/mol.